The van der Waals surface area contributed by atoms with E-state index in [2.05, 4.69) is 4.98 Å². The van der Waals surface area contributed by atoms with Gasteiger partial charge in [0.2, 0.25) is 5.91 Å². The summed E-state index contributed by atoms with van der Waals surface area (Å²) in [6, 6.07) is 12.6. The van der Waals surface area contributed by atoms with Crippen LogP contribution >= 0.6 is 11.3 Å². The number of nitrogens with zero attached hydrogens (tertiary/aromatic N) is 2. The predicted molar refractivity (Wildman–Crippen MR) is 124 cm³/mol. The molecule has 0 saturated heterocycles. The average Bonchev–Trinajstić information content (AvgIpc) is 3.22. The largest absolute Gasteiger partial charge is 0.490 e. The topological polar surface area (TPSA) is 78.0 Å². The molecule has 1 amide bonds. The molecular weight excluding hydrogens is 428 g/mol. The molecule has 0 unspecified atom stereocenters. The van der Waals surface area contributed by atoms with Gasteiger partial charge in [0.1, 0.15) is 6.61 Å². The van der Waals surface area contributed by atoms with E-state index in [1.54, 1.807) is 28.5 Å². The zero-order valence-corrected chi connectivity index (χ0v) is 19.4. The van der Waals surface area contributed by atoms with E-state index in [1.807, 2.05) is 45.0 Å². The SMILES string of the molecule is CCOc1ccc(C(=O)OCc2csc(N(C(C)=O)c3cccc(C)c3)n2)cc1OCC. The molecule has 0 saturated carbocycles. The number of aryl methyl sites for hydroxylation is 1. The molecule has 0 aliphatic carbocycles. The lowest BCUT2D eigenvalue weighted by Gasteiger charge is -2.18. The molecule has 2 aromatic carbocycles. The van der Waals surface area contributed by atoms with E-state index in [4.69, 9.17) is 14.2 Å². The highest BCUT2D eigenvalue weighted by molar-refractivity contribution is 7.14. The molecule has 1 heterocycles. The minimum atomic E-state index is -0.495. The highest BCUT2D eigenvalue weighted by Crippen LogP contribution is 2.31. The first kappa shape index (κ1) is 23.3. The summed E-state index contributed by atoms with van der Waals surface area (Å²) in [7, 11) is 0. The third kappa shape index (κ3) is 5.64. The second kappa shape index (κ2) is 10.8. The maximum atomic E-state index is 12.5. The van der Waals surface area contributed by atoms with Crippen molar-refractivity contribution < 1.29 is 23.8 Å². The maximum Gasteiger partial charge on any atom is 0.338 e. The summed E-state index contributed by atoms with van der Waals surface area (Å²) < 4.78 is 16.5. The second-order valence-electron chi connectivity index (χ2n) is 6.92. The van der Waals surface area contributed by atoms with Gasteiger partial charge in [-0.25, -0.2) is 9.78 Å². The van der Waals surface area contributed by atoms with Gasteiger partial charge in [0.15, 0.2) is 16.6 Å². The molecule has 0 N–H and O–H groups in total. The molecule has 0 fully saturated rings. The smallest absolute Gasteiger partial charge is 0.338 e. The van der Waals surface area contributed by atoms with Gasteiger partial charge in [-0.1, -0.05) is 12.1 Å². The van der Waals surface area contributed by atoms with E-state index < -0.39 is 5.97 Å². The third-order valence-electron chi connectivity index (χ3n) is 4.44. The van der Waals surface area contributed by atoms with Crippen LogP contribution in [0.4, 0.5) is 10.8 Å². The van der Waals surface area contributed by atoms with E-state index in [0.29, 0.717) is 41.1 Å². The summed E-state index contributed by atoms with van der Waals surface area (Å²) >= 11 is 1.32. The molecule has 3 rings (SSSR count). The van der Waals surface area contributed by atoms with E-state index >= 15 is 0 Å². The highest BCUT2D eigenvalue weighted by atomic mass is 32.1. The Morgan fingerprint density at radius 1 is 1.03 bits per heavy atom. The van der Waals surface area contributed by atoms with Crippen LogP contribution in [-0.4, -0.2) is 30.1 Å². The molecule has 0 aliphatic rings. The fourth-order valence-electron chi connectivity index (χ4n) is 3.06. The fraction of sp³-hybridized carbons (Fsp3) is 0.292. The number of aromatic nitrogens is 1. The van der Waals surface area contributed by atoms with Gasteiger partial charge in [0, 0.05) is 12.3 Å². The quantitative estimate of drug-likeness (QED) is 0.409. The van der Waals surface area contributed by atoms with Gasteiger partial charge in [0.05, 0.1) is 30.2 Å². The number of carbonyl (C=O) groups excluding carboxylic acids is 2. The fourth-order valence-corrected chi connectivity index (χ4v) is 3.93. The van der Waals surface area contributed by atoms with Gasteiger partial charge in [-0.05, 0) is 56.7 Å². The Bertz CT molecular complexity index is 1100. The molecule has 8 heteroatoms. The molecule has 0 spiro atoms. The summed E-state index contributed by atoms with van der Waals surface area (Å²) in [5, 5.41) is 2.30. The predicted octanol–water partition coefficient (Wildman–Crippen LogP) is 5.29. The number of amides is 1. The van der Waals surface area contributed by atoms with Crippen molar-refractivity contribution in [2.45, 2.75) is 34.3 Å². The van der Waals surface area contributed by atoms with E-state index in [9.17, 15) is 9.59 Å². The van der Waals surface area contributed by atoms with Crippen LogP contribution in [0.25, 0.3) is 0 Å². The van der Waals surface area contributed by atoms with Crippen molar-refractivity contribution in [2.24, 2.45) is 0 Å². The van der Waals surface area contributed by atoms with Crippen molar-refractivity contribution in [1.29, 1.82) is 0 Å². The van der Waals surface area contributed by atoms with Crippen LogP contribution in [0, 0.1) is 6.92 Å². The van der Waals surface area contributed by atoms with Crippen LogP contribution in [0.2, 0.25) is 0 Å². The number of hydrogen-bond donors (Lipinski definition) is 0. The number of carbonyl (C=O) groups is 2. The molecule has 3 aromatic rings. The lowest BCUT2D eigenvalue weighted by Crippen LogP contribution is -2.22. The van der Waals surface area contributed by atoms with Gasteiger partial charge >= 0.3 is 5.97 Å². The monoisotopic (exact) mass is 454 g/mol. The minimum Gasteiger partial charge on any atom is -0.490 e. The third-order valence-corrected chi connectivity index (χ3v) is 5.31. The zero-order valence-electron chi connectivity index (χ0n) is 18.6. The molecule has 0 radical (unpaired) electrons. The van der Waals surface area contributed by atoms with Crippen molar-refractivity contribution >= 4 is 34.0 Å². The molecule has 0 aliphatic heterocycles. The van der Waals surface area contributed by atoms with Crippen LogP contribution < -0.4 is 14.4 Å². The van der Waals surface area contributed by atoms with Gasteiger partial charge in [-0.2, -0.15) is 0 Å². The first-order valence-corrected chi connectivity index (χ1v) is 11.2. The van der Waals surface area contributed by atoms with Crippen LogP contribution in [0.5, 0.6) is 11.5 Å². The van der Waals surface area contributed by atoms with Crippen molar-refractivity contribution in [1.82, 2.24) is 4.98 Å². The first-order valence-electron chi connectivity index (χ1n) is 10.3. The Kier molecular flexibility index (Phi) is 7.83. The Morgan fingerprint density at radius 3 is 2.47 bits per heavy atom. The summed E-state index contributed by atoms with van der Waals surface area (Å²) in [4.78, 5) is 30.8. The minimum absolute atomic E-state index is 0.00786. The maximum absolute atomic E-state index is 12.5. The Morgan fingerprint density at radius 2 is 1.78 bits per heavy atom. The van der Waals surface area contributed by atoms with Gasteiger partial charge in [-0.15, -0.1) is 11.3 Å². The first-order chi connectivity index (χ1) is 15.4. The lowest BCUT2D eigenvalue weighted by atomic mass is 10.2. The lowest BCUT2D eigenvalue weighted by molar-refractivity contribution is -0.115. The van der Waals surface area contributed by atoms with Crippen LogP contribution in [0.15, 0.2) is 47.8 Å². The molecule has 0 atom stereocenters. The summed E-state index contributed by atoms with van der Waals surface area (Å²) in [6.07, 6.45) is 0. The second-order valence-corrected chi connectivity index (χ2v) is 7.76. The number of ether oxygens (including phenoxy) is 3. The van der Waals surface area contributed by atoms with Crippen LogP contribution in [0.1, 0.15) is 42.4 Å². The number of hydrogen-bond acceptors (Lipinski definition) is 7. The van der Waals surface area contributed by atoms with E-state index in [-0.39, 0.29) is 12.5 Å². The summed E-state index contributed by atoms with van der Waals surface area (Å²) in [5.74, 6) is 0.433. The summed E-state index contributed by atoms with van der Waals surface area (Å²) in [5.41, 5.74) is 2.71. The van der Waals surface area contributed by atoms with Gasteiger partial charge in [-0.3, -0.25) is 9.69 Å². The number of rotatable bonds is 9. The van der Waals surface area contributed by atoms with Crippen LogP contribution in [0.3, 0.4) is 0 Å². The highest BCUT2D eigenvalue weighted by Gasteiger charge is 2.19. The van der Waals surface area contributed by atoms with Gasteiger partial charge in [0.25, 0.3) is 0 Å². The van der Waals surface area contributed by atoms with Gasteiger partial charge < -0.3 is 14.2 Å². The summed E-state index contributed by atoms with van der Waals surface area (Å²) in [6.45, 7) is 8.14. The molecule has 0 bridgehead atoms. The number of anilines is 2. The Balaban J connectivity index is 1.71. The van der Waals surface area contributed by atoms with Crippen LogP contribution in [-0.2, 0) is 16.1 Å². The standard InChI is InChI=1S/C24H26N2O5S/c1-5-29-21-11-10-18(13-22(21)30-6-2)23(28)31-14-19-15-32-24(25-19)26(17(4)27)20-9-7-8-16(3)12-20/h7-13,15H,5-6,14H2,1-4H3. The molecule has 32 heavy (non-hydrogen) atoms. The molecule has 1 aromatic heterocycles. The van der Waals surface area contributed by atoms with Crippen molar-refractivity contribution in [3.05, 3.63) is 64.7 Å². The molecule has 7 nitrogen and oxygen atoms in total. The van der Waals surface area contributed by atoms with E-state index in [1.165, 1.54) is 18.3 Å². The zero-order chi connectivity index (χ0) is 23.1. The molecule has 168 valence electrons. The Labute approximate surface area is 191 Å². The van der Waals surface area contributed by atoms with Crippen molar-refractivity contribution in [2.75, 3.05) is 18.1 Å². The molecular formula is C24H26N2O5S. The van der Waals surface area contributed by atoms with E-state index in [0.717, 1.165) is 11.3 Å². The average molecular weight is 455 g/mol. The normalized spacial score (nSPS) is 10.5. The Hall–Kier alpha value is -3.39. The van der Waals surface area contributed by atoms with Crippen molar-refractivity contribution in [3.63, 3.8) is 0 Å². The number of thiazole rings is 1. The van der Waals surface area contributed by atoms with Crippen molar-refractivity contribution in [3.8, 4) is 11.5 Å². The number of esters is 1. The number of benzene rings is 2.